The van der Waals surface area contributed by atoms with Crippen LogP contribution in [0.1, 0.15) is 11.1 Å². The van der Waals surface area contributed by atoms with Crippen molar-refractivity contribution in [3.63, 3.8) is 0 Å². The second kappa shape index (κ2) is 4.07. The second-order valence-corrected chi connectivity index (χ2v) is 4.27. The van der Waals surface area contributed by atoms with Gasteiger partial charge in [0.05, 0.1) is 16.0 Å². The van der Waals surface area contributed by atoms with E-state index >= 15 is 0 Å². The maximum absolute atomic E-state index is 11.2. The van der Waals surface area contributed by atoms with Crippen LogP contribution in [0, 0.1) is 22.7 Å². The molecule has 0 radical (unpaired) electrons. The number of benzene rings is 1. The van der Waals surface area contributed by atoms with Gasteiger partial charge in [-0.05, 0) is 18.2 Å². The minimum absolute atomic E-state index is 0.00572. The lowest BCUT2D eigenvalue weighted by Crippen LogP contribution is -2.30. The van der Waals surface area contributed by atoms with Crippen molar-refractivity contribution in [2.75, 3.05) is 0 Å². The molecule has 7 heteroatoms. The molecule has 0 unspecified atom stereocenters. The SMILES string of the molecule is N#Cc1ccc(S(=O)(=O)NN)cc1C#N. The van der Waals surface area contributed by atoms with Crippen molar-refractivity contribution >= 4 is 10.0 Å². The molecule has 76 valence electrons. The summed E-state index contributed by atoms with van der Waals surface area (Å²) in [5.41, 5.74) is 0.113. The molecule has 0 atom stereocenters. The Morgan fingerprint density at radius 3 is 2.27 bits per heavy atom. The van der Waals surface area contributed by atoms with Gasteiger partial charge in [-0.15, -0.1) is 0 Å². The fourth-order valence-corrected chi connectivity index (χ4v) is 1.60. The van der Waals surface area contributed by atoms with Gasteiger partial charge in [0, 0.05) is 0 Å². The van der Waals surface area contributed by atoms with Crippen LogP contribution in [-0.2, 0) is 10.0 Å². The van der Waals surface area contributed by atoms with E-state index in [1.807, 2.05) is 0 Å². The van der Waals surface area contributed by atoms with Crippen molar-refractivity contribution < 1.29 is 8.42 Å². The van der Waals surface area contributed by atoms with Gasteiger partial charge in [0.15, 0.2) is 0 Å². The molecule has 0 spiro atoms. The number of sulfonamides is 1. The summed E-state index contributed by atoms with van der Waals surface area (Å²) in [7, 11) is -3.79. The molecule has 0 aromatic heterocycles. The Hall–Kier alpha value is -1.93. The Morgan fingerprint density at radius 2 is 1.80 bits per heavy atom. The number of rotatable bonds is 2. The number of nitrogens with zero attached hydrogens (tertiary/aromatic N) is 2. The van der Waals surface area contributed by atoms with Gasteiger partial charge < -0.3 is 0 Å². The van der Waals surface area contributed by atoms with Crippen LogP contribution in [0.15, 0.2) is 23.1 Å². The van der Waals surface area contributed by atoms with Gasteiger partial charge in [0.2, 0.25) is 0 Å². The van der Waals surface area contributed by atoms with E-state index < -0.39 is 10.0 Å². The molecule has 6 nitrogen and oxygen atoms in total. The maximum Gasteiger partial charge on any atom is 0.253 e. The van der Waals surface area contributed by atoms with Gasteiger partial charge in [-0.3, -0.25) is 5.84 Å². The van der Waals surface area contributed by atoms with Gasteiger partial charge in [-0.1, -0.05) is 0 Å². The van der Waals surface area contributed by atoms with Gasteiger partial charge in [-0.25, -0.2) is 8.42 Å². The van der Waals surface area contributed by atoms with Crippen LogP contribution in [0.2, 0.25) is 0 Å². The lowest BCUT2D eigenvalue weighted by Gasteiger charge is -2.02. The minimum atomic E-state index is -3.79. The zero-order chi connectivity index (χ0) is 11.5. The van der Waals surface area contributed by atoms with E-state index in [0.29, 0.717) is 0 Å². The number of hydrogen-bond donors (Lipinski definition) is 2. The van der Waals surface area contributed by atoms with Gasteiger partial charge in [-0.2, -0.15) is 15.4 Å². The van der Waals surface area contributed by atoms with Crippen molar-refractivity contribution in [2.24, 2.45) is 5.84 Å². The second-order valence-electron chi connectivity index (χ2n) is 2.55. The summed E-state index contributed by atoms with van der Waals surface area (Å²) < 4.78 is 22.5. The number of nitriles is 2. The van der Waals surface area contributed by atoms with Crippen LogP contribution in [0.5, 0.6) is 0 Å². The van der Waals surface area contributed by atoms with Gasteiger partial charge in [0.1, 0.15) is 12.1 Å². The van der Waals surface area contributed by atoms with Crippen LogP contribution in [0.25, 0.3) is 0 Å². The number of hydrogen-bond acceptors (Lipinski definition) is 5. The fraction of sp³-hybridized carbons (Fsp3) is 0. The predicted molar refractivity (Wildman–Crippen MR) is 50.4 cm³/mol. The molecular weight excluding hydrogens is 216 g/mol. The molecule has 0 aliphatic heterocycles. The zero-order valence-corrected chi connectivity index (χ0v) is 8.25. The molecule has 0 aliphatic rings. The maximum atomic E-state index is 11.2. The first-order valence-electron chi connectivity index (χ1n) is 3.72. The van der Waals surface area contributed by atoms with Crippen LogP contribution in [-0.4, -0.2) is 8.42 Å². The average molecular weight is 222 g/mol. The van der Waals surface area contributed by atoms with Crippen molar-refractivity contribution in [1.29, 1.82) is 10.5 Å². The van der Waals surface area contributed by atoms with E-state index in [2.05, 4.69) is 0 Å². The van der Waals surface area contributed by atoms with Gasteiger partial charge in [0.25, 0.3) is 10.0 Å². The van der Waals surface area contributed by atoms with E-state index in [-0.39, 0.29) is 16.0 Å². The fourth-order valence-electron chi connectivity index (χ4n) is 0.949. The van der Waals surface area contributed by atoms with Crippen molar-refractivity contribution in [2.45, 2.75) is 4.90 Å². The summed E-state index contributed by atoms with van der Waals surface area (Å²) in [6, 6.07) is 7.05. The highest BCUT2D eigenvalue weighted by Crippen LogP contribution is 2.14. The quantitative estimate of drug-likeness (QED) is 0.520. The van der Waals surface area contributed by atoms with E-state index in [4.69, 9.17) is 16.4 Å². The molecule has 0 heterocycles. The molecule has 1 aromatic carbocycles. The van der Waals surface area contributed by atoms with E-state index in [9.17, 15) is 8.42 Å². The first-order valence-corrected chi connectivity index (χ1v) is 5.20. The van der Waals surface area contributed by atoms with Gasteiger partial charge >= 0.3 is 0 Å². The average Bonchev–Trinajstić information content (AvgIpc) is 2.28. The monoisotopic (exact) mass is 222 g/mol. The van der Waals surface area contributed by atoms with Crippen LogP contribution in [0.4, 0.5) is 0 Å². The third kappa shape index (κ3) is 2.11. The topological polar surface area (TPSA) is 120 Å². The summed E-state index contributed by atoms with van der Waals surface area (Å²) in [4.78, 5) is 1.47. The normalized spacial score (nSPS) is 10.3. The van der Waals surface area contributed by atoms with Crippen molar-refractivity contribution in [1.82, 2.24) is 4.83 Å². The Morgan fingerprint density at radius 1 is 1.20 bits per heavy atom. The highest BCUT2D eigenvalue weighted by atomic mass is 32.2. The van der Waals surface area contributed by atoms with Crippen LogP contribution in [0.3, 0.4) is 0 Å². The third-order valence-electron chi connectivity index (χ3n) is 1.70. The highest BCUT2D eigenvalue weighted by Gasteiger charge is 2.13. The summed E-state index contributed by atoms with van der Waals surface area (Å²) in [6.07, 6.45) is 0. The standard InChI is InChI=1S/C8H6N4O2S/c9-4-6-1-2-8(3-7(6)5-10)15(13,14)12-11/h1-3,12H,11H2. The molecule has 15 heavy (non-hydrogen) atoms. The first kappa shape index (κ1) is 11.1. The largest absolute Gasteiger partial charge is 0.257 e. The summed E-state index contributed by atoms with van der Waals surface area (Å²) >= 11 is 0. The highest BCUT2D eigenvalue weighted by molar-refractivity contribution is 7.89. The number of hydrazine groups is 1. The molecule has 0 saturated heterocycles. The van der Waals surface area contributed by atoms with E-state index in [1.165, 1.54) is 12.1 Å². The Bertz CT molecular complexity index is 565. The Balaban J connectivity index is 3.42. The van der Waals surface area contributed by atoms with E-state index in [1.54, 1.807) is 17.0 Å². The summed E-state index contributed by atoms with van der Waals surface area (Å²) in [5.74, 6) is 4.81. The Kier molecular flexibility index (Phi) is 3.02. The van der Waals surface area contributed by atoms with Crippen molar-refractivity contribution in [3.8, 4) is 12.1 Å². The predicted octanol–water partition coefficient (Wildman–Crippen LogP) is -0.418. The first-order chi connectivity index (χ1) is 7.05. The Labute approximate surface area is 86.6 Å². The minimum Gasteiger partial charge on any atom is -0.257 e. The van der Waals surface area contributed by atoms with Crippen molar-refractivity contribution in [3.05, 3.63) is 29.3 Å². The molecule has 1 aromatic rings. The smallest absolute Gasteiger partial charge is 0.253 e. The summed E-state index contributed by atoms with van der Waals surface area (Å²) in [6.45, 7) is 0. The molecule has 0 bridgehead atoms. The van der Waals surface area contributed by atoms with Crippen LogP contribution < -0.4 is 10.7 Å². The molecule has 1 rings (SSSR count). The van der Waals surface area contributed by atoms with E-state index in [0.717, 1.165) is 6.07 Å². The molecule has 0 saturated carbocycles. The third-order valence-corrected chi connectivity index (χ3v) is 2.88. The molecule has 0 amide bonds. The molecule has 3 N–H and O–H groups in total. The lowest BCUT2D eigenvalue weighted by atomic mass is 10.1. The number of nitrogens with two attached hydrogens (primary N) is 1. The van der Waals surface area contributed by atoms with Crippen LogP contribution >= 0.6 is 0 Å². The molecular formula is C8H6N4O2S. The zero-order valence-electron chi connectivity index (χ0n) is 7.43. The molecule has 0 aliphatic carbocycles. The number of nitrogens with one attached hydrogen (secondary N) is 1. The lowest BCUT2D eigenvalue weighted by molar-refractivity contribution is 0.584. The summed E-state index contributed by atoms with van der Waals surface area (Å²) in [5, 5.41) is 17.3. The molecule has 0 fully saturated rings.